The molecule has 0 amide bonds. The van der Waals surface area contributed by atoms with Gasteiger partial charge in [0.2, 0.25) is 0 Å². The lowest BCUT2D eigenvalue weighted by molar-refractivity contribution is 0.442. The van der Waals surface area contributed by atoms with Crippen molar-refractivity contribution < 1.29 is 0 Å². The van der Waals surface area contributed by atoms with Crippen molar-refractivity contribution in [1.82, 2.24) is 10.6 Å². The normalized spacial score (nSPS) is 17.0. The molecule has 0 aromatic heterocycles. The van der Waals surface area contributed by atoms with Crippen LogP contribution in [0, 0.1) is 0 Å². The zero-order chi connectivity index (χ0) is 35.2. The van der Waals surface area contributed by atoms with Crippen LogP contribution in [0.1, 0.15) is 51.2 Å². The molecule has 0 fully saturated rings. The van der Waals surface area contributed by atoms with Crippen LogP contribution in [0.4, 0.5) is 0 Å². The zero-order valence-corrected chi connectivity index (χ0v) is 29.3. The predicted molar refractivity (Wildman–Crippen MR) is 219 cm³/mol. The highest BCUT2D eigenvalue weighted by molar-refractivity contribution is 6.06. The van der Waals surface area contributed by atoms with Gasteiger partial charge in [0.1, 0.15) is 6.17 Å². The highest BCUT2D eigenvalue weighted by Gasteiger charge is 2.48. The van der Waals surface area contributed by atoms with Crippen LogP contribution in [-0.4, -0.2) is 0 Å². The summed E-state index contributed by atoms with van der Waals surface area (Å²) >= 11 is 0. The molecule has 0 saturated heterocycles. The molecule has 10 rings (SSSR count). The maximum absolute atomic E-state index is 3.98. The second-order valence-electron chi connectivity index (χ2n) is 14.1. The molecule has 1 heterocycles. The Labute approximate surface area is 311 Å². The fraction of sp³-hybridized carbons (Fsp3) is 0.0588. The molecule has 53 heavy (non-hydrogen) atoms. The third kappa shape index (κ3) is 5.14. The lowest BCUT2D eigenvalue weighted by Crippen LogP contribution is -2.39. The summed E-state index contributed by atoms with van der Waals surface area (Å²) < 4.78 is 0. The average molecular weight is 679 g/mol. The van der Waals surface area contributed by atoms with E-state index in [2.05, 4.69) is 217 Å². The maximum Gasteiger partial charge on any atom is 0.104 e. The molecule has 1 aliphatic carbocycles. The van der Waals surface area contributed by atoms with Crippen molar-refractivity contribution in [1.29, 1.82) is 0 Å². The fourth-order valence-corrected chi connectivity index (χ4v) is 8.88. The van der Waals surface area contributed by atoms with E-state index in [1.807, 2.05) is 0 Å². The first-order valence-electron chi connectivity index (χ1n) is 18.5. The largest absolute Gasteiger partial charge is 0.366 e. The molecular formula is C51H38N2. The third-order valence-corrected chi connectivity index (χ3v) is 11.2. The van der Waals surface area contributed by atoms with E-state index in [1.54, 1.807) is 0 Å². The Bertz CT molecular complexity index is 2560. The minimum absolute atomic E-state index is 0.0414. The molecule has 2 unspecified atom stereocenters. The van der Waals surface area contributed by atoms with Crippen LogP contribution in [0.3, 0.4) is 0 Å². The number of hydrogen-bond acceptors (Lipinski definition) is 2. The van der Waals surface area contributed by atoms with E-state index in [0.717, 1.165) is 5.70 Å². The molecular weight excluding hydrogens is 641 g/mol. The van der Waals surface area contributed by atoms with Gasteiger partial charge in [-0.2, -0.15) is 0 Å². The molecule has 2 aliphatic rings. The zero-order valence-electron chi connectivity index (χ0n) is 29.3. The average Bonchev–Trinajstić information content (AvgIpc) is 3.56. The van der Waals surface area contributed by atoms with E-state index < -0.39 is 5.41 Å². The first-order valence-corrected chi connectivity index (χ1v) is 18.5. The third-order valence-electron chi connectivity index (χ3n) is 11.2. The lowest BCUT2D eigenvalue weighted by atomic mass is 9.66. The quantitative estimate of drug-likeness (QED) is 0.183. The first kappa shape index (κ1) is 31.3. The van der Waals surface area contributed by atoms with E-state index in [4.69, 9.17) is 0 Å². The summed E-state index contributed by atoms with van der Waals surface area (Å²) in [5.74, 6) is 0. The van der Waals surface area contributed by atoms with Gasteiger partial charge in [-0.3, -0.25) is 5.32 Å². The molecule has 8 aromatic carbocycles. The minimum Gasteiger partial charge on any atom is -0.366 e. The summed E-state index contributed by atoms with van der Waals surface area (Å²) in [6.07, 6.45) is 2.30. The van der Waals surface area contributed by atoms with Crippen molar-refractivity contribution in [3.8, 4) is 22.3 Å². The van der Waals surface area contributed by atoms with E-state index in [0.29, 0.717) is 0 Å². The van der Waals surface area contributed by atoms with Crippen molar-refractivity contribution in [2.24, 2.45) is 0 Å². The minimum atomic E-state index is -0.564. The van der Waals surface area contributed by atoms with Gasteiger partial charge >= 0.3 is 0 Å². The van der Waals surface area contributed by atoms with Crippen LogP contribution in [-0.2, 0) is 5.41 Å². The molecule has 2 N–H and O–H groups in total. The summed E-state index contributed by atoms with van der Waals surface area (Å²) in [6.45, 7) is 0. The Morgan fingerprint density at radius 1 is 0.453 bits per heavy atom. The molecule has 0 radical (unpaired) electrons. The van der Waals surface area contributed by atoms with Crippen molar-refractivity contribution in [2.45, 2.75) is 17.6 Å². The molecule has 8 aromatic rings. The van der Waals surface area contributed by atoms with Gasteiger partial charge in [-0.1, -0.05) is 194 Å². The van der Waals surface area contributed by atoms with Gasteiger partial charge < -0.3 is 5.32 Å². The molecule has 252 valence electrons. The Hall–Kier alpha value is -6.48. The molecule has 0 spiro atoms. The molecule has 0 bridgehead atoms. The topological polar surface area (TPSA) is 24.1 Å². The van der Waals surface area contributed by atoms with E-state index in [1.165, 1.54) is 72.0 Å². The van der Waals surface area contributed by atoms with Gasteiger partial charge in [-0.25, -0.2) is 0 Å². The SMILES string of the molecule is C1=C(c2ccccc2)NC(c2ccccc2)NC1c1ccc2c(c1)C(c1ccccc1)(c1ccccc1)c1c-2c(-c2ccccc2)cc2ccccc12. The van der Waals surface area contributed by atoms with Crippen LogP contribution in [0.2, 0.25) is 0 Å². The van der Waals surface area contributed by atoms with Crippen molar-refractivity contribution in [3.63, 3.8) is 0 Å². The molecule has 2 nitrogen and oxygen atoms in total. The second kappa shape index (κ2) is 12.9. The van der Waals surface area contributed by atoms with Gasteiger partial charge in [0.05, 0.1) is 11.5 Å². The summed E-state index contributed by atoms with van der Waals surface area (Å²) in [7, 11) is 0. The second-order valence-corrected chi connectivity index (χ2v) is 14.1. The van der Waals surface area contributed by atoms with Crippen LogP contribution < -0.4 is 10.6 Å². The van der Waals surface area contributed by atoms with E-state index >= 15 is 0 Å². The number of rotatable bonds is 6. The highest BCUT2D eigenvalue weighted by atomic mass is 15.2. The standard InChI is InChI=1S/C51H38N2/c1-6-18-35(19-7-1)44-32-38-24-16-17-29-42(38)49-48(44)43-31-30-39(33-45(43)51(49,40-25-12-4-13-26-40)41-27-14-5-15-28-41)47-34-46(36-20-8-2-9-21-36)52-50(53-47)37-22-10-3-11-23-37/h1-34,47,50,52-53H. The molecule has 2 heteroatoms. The van der Waals surface area contributed by atoms with E-state index in [9.17, 15) is 0 Å². The Balaban J connectivity index is 1.28. The monoisotopic (exact) mass is 678 g/mol. The van der Waals surface area contributed by atoms with Gasteiger partial charge in [0, 0.05) is 5.70 Å². The van der Waals surface area contributed by atoms with Crippen LogP contribution in [0.25, 0.3) is 38.7 Å². The molecule has 1 aliphatic heterocycles. The molecule has 2 atom stereocenters. The predicted octanol–water partition coefficient (Wildman–Crippen LogP) is 11.8. The van der Waals surface area contributed by atoms with Gasteiger partial charge in [0.15, 0.2) is 0 Å². The van der Waals surface area contributed by atoms with Crippen molar-refractivity contribution in [3.05, 3.63) is 245 Å². The fourth-order valence-electron chi connectivity index (χ4n) is 8.88. The summed E-state index contributed by atoms with van der Waals surface area (Å²) in [5.41, 5.74) is 14.4. The Kier molecular flexibility index (Phi) is 7.63. The van der Waals surface area contributed by atoms with Crippen LogP contribution in [0.15, 0.2) is 206 Å². The van der Waals surface area contributed by atoms with Crippen LogP contribution >= 0.6 is 0 Å². The Morgan fingerprint density at radius 2 is 1.02 bits per heavy atom. The molecule has 0 saturated carbocycles. The van der Waals surface area contributed by atoms with Crippen molar-refractivity contribution in [2.75, 3.05) is 0 Å². The van der Waals surface area contributed by atoms with Crippen molar-refractivity contribution >= 4 is 16.5 Å². The first-order chi connectivity index (χ1) is 26.3. The van der Waals surface area contributed by atoms with Crippen LogP contribution in [0.5, 0.6) is 0 Å². The number of benzene rings is 8. The summed E-state index contributed by atoms with van der Waals surface area (Å²) in [5, 5.41) is 10.3. The highest BCUT2D eigenvalue weighted by Crippen LogP contribution is 2.60. The van der Waals surface area contributed by atoms with Gasteiger partial charge in [-0.15, -0.1) is 0 Å². The Morgan fingerprint density at radius 3 is 1.68 bits per heavy atom. The van der Waals surface area contributed by atoms with E-state index in [-0.39, 0.29) is 12.2 Å². The smallest absolute Gasteiger partial charge is 0.104 e. The summed E-state index contributed by atoms with van der Waals surface area (Å²) in [6, 6.07) is 73.2. The number of hydrogen-bond donors (Lipinski definition) is 2. The maximum atomic E-state index is 3.98. The summed E-state index contributed by atoms with van der Waals surface area (Å²) in [4.78, 5) is 0. The number of nitrogens with one attached hydrogen (secondary N) is 2. The lowest BCUT2D eigenvalue weighted by Gasteiger charge is -2.36. The number of fused-ring (bicyclic) bond motifs is 5. The van der Waals surface area contributed by atoms with Gasteiger partial charge in [-0.05, 0) is 84.1 Å². The van der Waals surface area contributed by atoms with Gasteiger partial charge in [0.25, 0.3) is 0 Å².